The van der Waals surface area contributed by atoms with Crippen LogP contribution in [0.5, 0.6) is 0 Å². The van der Waals surface area contributed by atoms with Gasteiger partial charge in [0.1, 0.15) is 12.0 Å². The van der Waals surface area contributed by atoms with Crippen LogP contribution in [0.3, 0.4) is 0 Å². The average Bonchev–Trinajstić information content (AvgIpc) is 2.63. The monoisotopic (exact) mass is 246 g/mol. The smallest absolute Gasteiger partial charge is 0.256 e. The van der Waals surface area contributed by atoms with E-state index in [4.69, 9.17) is 10.2 Å². The maximum atomic E-state index is 11.8. The summed E-state index contributed by atoms with van der Waals surface area (Å²) in [4.78, 5) is 13.5. The fourth-order valence-corrected chi connectivity index (χ4v) is 1.45. The molecule has 1 aromatic rings. The van der Waals surface area contributed by atoms with Crippen LogP contribution in [-0.4, -0.2) is 24.4 Å². The summed E-state index contributed by atoms with van der Waals surface area (Å²) in [6, 6.07) is 1.69. The Kier molecular flexibility index (Phi) is 6.14. The molecule has 0 aliphatic rings. The number of amides is 1. The normalized spacial score (nSPS) is 10.1. The molecule has 0 saturated heterocycles. The molecule has 0 aliphatic carbocycles. The number of nitrogens with zero attached hydrogens (tertiary/aromatic N) is 1. The number of hydrogen-bond donors (Lipinski definition) is 1. The zero-order chi connectivity index (χ0) is 11.4. The van der Waals surface area contributed by atoms with Gasteiger partial charge in [-0.25, -0.2) is 0 Å². The second kappa shape index (κ2) is 6.55. The van der Waals surface area contributed by atoms with Gasteiger partial charge in [-0.2, -0.15) is 0 Å². The highest BCUT2D eigenvalue weighted by Gasteiger charge is 2.14. The van der Waals surface area contributed by atoms with Crippen molar-refractivity contribution in [2.45, 2.75) is 20.4 Å². The SMILES string of the molecule is CC(C)CN(C)C(=O)c1coc(CN)c1.Cl. The van der Waals surface area contributed by atoms with E-state index in [1.54, 1.807) is 18.0 Å². The van der Waals surface area contributed by atoms with Crippen molar-refractivity contribution < 1.29 is 9.21 Å². The maximum absolute atomic E-state index is 11.8. The summed E-state index contributed by atoms with van der Waals surface area (Å²) < 4.78 is 5.12. The van der Waals surface area contributed by atoms with Gasteiger partial charge in [0.05, 0.1) is 12.1 Å². The Balaban J connectivity index is 0.00000225. The zero-order valence-electron chi connectivity index (χ0n) is 9.90. The molecule has 0 spiro atoms. The fourth-order valence-electron chi connectivity index (χ4n) is 1.45. The summed E-state index contributed by atoms with van der Waals surface area (Å²) in [6.45, 7) is 5.21. The highest BCUT2D eigenvalue weighted by atomic mass is 35.5. The van der Waals surface area contributed by atoms with E-state index in [9.17, 15) is 4.79 Å². The van der Waals surface area contributed by atoms with Crippen LogP contribution in [0.1, 0.15) is 30.0 Å². The quantitative estimate of drug-likeness (QED) is 0.883. The van der Waals surface area contributed by atoms with Gasteiger partial charge in [0.2, 0.25) is 0 Å². The molecule has 0 aliphatic heterocycles. The van der Waals surface area contributed by atoms with Crippen molar-refractivity contribution in [3.8, 4) is 0 Å². The summed E-state index contributed by atoms with van der Waals surface area (Å²) in [5.41, 5.74) is 5.97. The van der Waals surface area contributed by atoms with Crippen LogP contribution in [-0.2, 0) is 6.54 Å². The number of rotatable bonds is 4. The summed E-state index contributed by atoms with van der Waals surface area (Å²) in [5.74, 6) is 1.07. The molecule has 0 bridgehead atoms. The molecule has 0 saturated carbocycles. The molecule has 1 rings (SSSR count). The van der Waals surface area contributed by atoms with E-state index in [-0.39, 0.29) is 18.3 Å². The highest BCUT2D eigenvalue weighted by molar-refractivity contribution is 5.93. The maximum Gasteiger partial charge on any atom is 0.256 e. The molecule has 0 aromatic carbocycles. The lowest BCUT2D eigenvalue weighted by Gasteiger charge is -2.18. The van der Waals surface area contributed by atoms with Crippen LogP contribution < -0.4 is 5.73 Å². The Hall–Kier alpha value is -1.00. The molecule has 92 valence electrons. The number of halogens is 1. The summed E-state index contributed by atoms with van der Waals surface area (Å²) >= 11 is 0. The summed E-state index contributed by atoms with van der Waals surface area (Å²) in [7, 11) is 1.79. The van der Waals surface area contributed by atoms with Gasteiger partial charge in [0.25, 0.3) is 5.91 Å². The van der Waals surface area contributed by atoms with Gasteiger partial charge in [0, 0.05) is 13.6 Å². The fraction of sp³-hybridized carbons (Fsp3) is 0.545. The third kappa shape index (κ3) is 3.87. The Morgan fingerprint density at radius 2 is 2.19 bits per heavy atom. The summed E-state index contributed by atoms with van der Waals surface area (Å²) in [6.07, 6.45) is 1.46. The van der Waals surface area contributed by atoms with E-state index in [1.807, 2.05) is 0 Å². The molecular formula is C11H19ClN2O2. The molecule has 0 fully saturated rings. The van der Waals surface area contributed by atoms with E-state index in [1.165, 1.54) is 6.26 Å². The van der Waals surface area contributed by atoms with E-state index < -0.39 is 0 Å². The third-order valence-electron chi connectivity index (χ3n) is 2.09. The largest absolute Gasteiger partial charge is 0.467 e. The van der Waals surface area contributed by atoms with Crippen molar-refractivity contribution in [3.05, 3.63) is 23.7 Å². The van der Waals surface area contributed by atoms with Gasteiger partial charge >= 0.3 is 0 Å². The minimum absolute atomic E-state index is 0. The van der Waals surface area contributed by atoms with Gasteiger partial charge in [-0.3, -0.25) is 4.79 Å². The van der Waals surface area contributed by atoms with E-state index in [0.717, 1.165) is 6.54 Å². The lowest BCUT2D eigenvalue weighted by atomic mass is 10.2. The van der Waals surface area contributed by atoms with Crippen LogP contribution in [0.15, 0.2) is 16.7 Å². The Morgan fingerprint density at radius 3 is 2.62 bits per heavy atom. The first kappa shape index (κ1) is 15.0. The third-order valence-corrected chi connectivity index (χ3v) is 2.09. The second-order valence-corrected chi connectivity index (χ2v) is 4.09. The Morgan fingerprint density at radius 1 is 1.56 bits per heavy atom. The molecule has 2 N–H and O–H groups in total. The minimum Gasteiger partial charge on any atom is -0.467 e. The molecule has 0 unspecified atom stereocenters. The van der Waals surface area contributed by atoms with E-state index >= 15 is 0 Å². The van der Waals surface area contributed by atoms with E-state index in [2.05, 4.69) is 13.8 Å². The predicted octanol–water partition coefficient (Wildman–Crippen LogP) is 1.89. The topological polar surface area (TPSA) is 59.5 Å². The molecule has 0 atom stereocenters. The first-order chi connectivity index (χ1) is 7.04. The van der Waals surface area contributed by atoms with Gasteiger partial charge in [-0.1, -0.05) is 13.8 Å². The zero-order valence-corrected chi connectivity index (χ0v) is 10.7. The number of nitrogens with two attached hydrogens (primary N) is 1. The van der Waals surface area contributed by atoms with E-state index in [0.29, 0.717) is 23.8 Å². The molecule has 1 aromatic heterocycles. The van der Waals surface area contributed by atoms with Gasteiger partial charge < -0.3 is 15.1 Å². The Labute approximate surface area is 102 Å². The van der Waals surface area contributed by atoms with Crippen molar-refractivity contribution in [3.63, 3.8) is 0 Å². The summed E-state index contributed by atoms with van der Waals surface area (Å²) in [5, 5.41) is 0. The average molecular weight is 247 g/mol. The van der Waals surface area contributed by atoms with Gasteiger partial charge in [0.15, 0.2) is 0 Å². The lowest BCUT2D eigenvalue weighted by Crippen LogP contribution is -2.29. The molecule has 1 amide bonds. The second-order valence-electron chi connectivity index (χ2n) is 4.09. The lowest BCUT2D eigenvalue weighted by molar-refractivity contribution is 0.0778. The minimum atomic E-state index is -0.0212. The highest BCUT2D eigenvalue weighted by Crippen LogP contribution is 2.10. The number of carbonyl (C=O) groups excluding carboxylic acids is 1. The standard InChI is InChI=1S/C11H18N2O2.ClH/c1-8(2)6-13(3)11(14)9-4-10(5-12)15-7-9;/h4,7-8H,5-6,12H2,1-3H3;1H. The van der Waals surface area contributed by atoms with Crippen LogP contribution in [0.25, 0.3) is 0 Å². The van der Waals surface area contributed by atoms with Crippen LogP contribution >= 0.6 is 12.4 Å². The van der Waals surface area contributed by atoms with Gasteiger partial charge in [-0.15, -0.1) is 12.4 Å². The molecule has 4 nitrogen and oxygen atoms in total. The molecule has 0 radical (unpaired) electrons. The number of furan rings is 1. The predicted molar refractivity (Wildman–Crippen MR) is 65.6 cm³/mol. The van der Waals surface area contributed by atoms with Crippen molar-refractivity contribution >= 4 is 18.3 Å². The first-order valence-corrected chi connectivity index (χ1v) is 5.07. The number of hydrogen-bond acceptors (Lipinski definition) is 3. The Bertz CT molecular complexity index is 336. The molecular weight excluding hydrogens is 228 g/mol. The van der Waals surface area contributed by atoms with Crippen LogP contribution in [0.4, 0.5) is 0 Å². The van der Waals surface area contributed by atoms with Gasteiger partial charge in [-0.05, 0) is 12.0 Å². The van der Waals surface area contributed by atoms with Crippen LogP contribution in [0.2, 0.25) is 0 Å². The first-order valence-electron chi connectivity index (χ1n) is 5.07. The number of carbonyl (C=O) groups is 1. The molecule has 1 heterocycles. The molecule has 16 heavy (non-hydrogen) atoms. The van der Waals surface area contributed by atoms with Crippen molar-refractivity contribution in [1.82, 2.24) is 4.90 Å². The van der Waals surface area contributed by atoms with Crippen molar-refractivity contribution in [1.29, 1.82) is 0 Å². The van der Waals surface area contributed by atoms with Crippen molar-refractivity contribution in [2.24, 2.45) is 11.7 Å². The van der Waals surface area contributed by atoms with Crippen LogP contribution in [0, 0.1) is 5.92 Å². The van der Waals surface area contributed by atoms with Crippen molar-refractivity contribution in [2.75, 3.05) is 13.6 Å². The molecule has 5 heteroatoms.